The normalized spacial score (nSPS) is 11.2. The minimum Gasteiger partial charge on any atom is -0.380 e. The van der Waals surface area contributed by atoms with Gasteiger partial charge in [0.1, 0.15) is 0 Å². The predicted molar refractivity (Wildman–Crippen MR) is 86.1 cm³/mol. The summed E-state index contributed by atoms with van der Waals surface area (Å²) in [5, 5.41) is 4.26. The molecule has 0 unspecified atom stereocenters. The first-order chi connectivity index (χ1) is 10.0. The molecule has 0 radical (unpaired) electrons. The van der Waals surface area contributed by atoms with Crippen LogP contribution in [0.4, 0.5) is 0 Å². The van der Waals surface area contributed by atoms with Gasteiger partial charge in [0, 0.05) is 15.1 Å². The van der Waals surface area contributed by atoms with Gasteiger partial charge < -0.3 is 10.6 Å². The van der Waals surface area contributed by atoms with Crippen molar-refractivity contribution in [3.05, 3.63) is 69.2 Å². The summed E-state index contributed by atoms with van der Waals surface area (Å²) in [5.41, 5.74) is 7.22. The van der Waals surface area contributed by atoms with E-state index in [1.807, 2.05) is 12.1 Å². The average molecular weight is 368 g/mol. The maximum absolute atomic E-state index is 11.7. The third kappa shape index (κ3) is 4.88. The van der Waals surface area contributed by atoms with Gasteiger partial charge in [-0.2, -0.15) is 0 Å². The molecular weight excluding hydrogens is 356 g/mol. The highest BCUT2D eigenvalue weighted by atomic mass is 79.9. The van der Waals surface area contributed by atoms with Gasteiger partial charge in [-0.3, -0.25) is 0 Å². The number of hydrogen-bond donors (Lipinski definition) is 1. The molecule has 0 heterocycles. The quantitative estimate of drug-likeness (QED) is 0.389. The molecule has 21 heavy (non-hydrogen) atoms. The van der Waals surface area contributed by atoms with Crippen LogP contribution in [0, 0.1) is 0 Å². The molecule has 108 valence electrons. The fraction of sp³-hybridized carbons (Fsp3) is 0.0667. The molecule has 0 aliphatic carbocycles. The van der Waals surface area contributed by atoms with Crippen molar-refractivity contribution in [3.8, 4) is 0 Å². The van der Waals surface area contributed by atoms with E-state index in [0.29, 0.717) is 10.6 Å². The van der Waals surface area contributed by atoms with Gasteiger partial charge in [0.15, 0.2) is 5.84 Å². The van der Waals surface area contributed by atoms with Crippen LogP contribution in [0.1, 0.15) is 11.1 Å². The molecule has 0 amide bonds. The molecule has 0 saturated carbocycles. The van der Waals surface area contributed by atoms with Crippen molar-refractivity contribution in [2.24, 2.45) is 10.9 Å². The van der Waals surface area contributed by atoms with Gasteiger partial charge in [-0.1, -0.05) is 57.0 Å². The van der Waals surface area contributed by atoms with Crippen LogP contribution in [0.3, 0.4) is 0 Å². The number of benzene rings is 2. The molecule has 0 bridgehead atoms. The van der Waals surface area contributed by atoms with Crippen molar-refractivity contribution in [1.29, 1.82) is 0 Å². The Bertz CT molecular complexity index is 672. The third-order valence-electron chi connectivity index (χ3n) is 2.63. The molecule has 0 aliphatic heterocycles. The molecular formula is C15H12BrClN2O2. The lowest BCUT2D eigenvalue weighted by molar-refractivity contribution is -0.142. The van der Waals surface area contributed by atoms with Crippen LogP contribution in [0.5, 0.6) is 0 Å². The molecule has 2 rings (SSSR count). The van der Waals surface area contributed by atoms with Gasteiger partial charge in [0.25, 0.3) is 0 Å². The Labute approximate surface area is 135 Å². The van der Waals surface area contributed by atoms with Crippen LogP contribution >= 0.6 is 27.5 Å². The van der Waals surface area contributed by atoms with E-state index in [1.54, 1.807) is 36.4 Å². The molecule has 2 aromatic carbocycles. The van der Waals surface area contributed by atoms with Gasteiger partial charge in [-0.05, 0) is 29.8 Å². The highest BCUT2D eigenvalue weighted by molar-refractivity contribution is 9.10. The van der Waals surface area contributed by atoms with Crippen LogP contribution in [-0.4, -0.2) is 11.8 Å². The Hall–Kier alpha value is -1.85. The number of hydrogen-bond acceptors (Lipinski definition) is 3. The minimum atomic E-state index is -0.490. The van der Waals surface area contributed by atoms with Crippen LogP contribution in [0.15, 0.2) is 58.2 Å². The highest BCUT2D eigenvalue weighted by Crippen LogP contribution is 2.12. The van der Waals surface area contributed by atoms with Crippen LogP contribution in [0.2, 0.25) is 5.02 Å². The molecule has 0 spiro atoms. The SMILES string of the molecule is NC(=NOC(=O)Cc1ccc(Cl)cc1)c1cccc(Br)c1. The zero-order valence-corrected chi connectivity index (χ0v) is 13.3. The van der Waals surface area contributed by atoms with Crippen molar-refractivity contribution in [2.45, 2.75) is 6.42 Å². The Balaban J connectivity index is 1.96. The summed E-state index contributed by atoms with van der Waals surface area (Å²) in [5.74, 6) is -0.351. The topological polar surface area (TPSA) is 64.7 Å². The lowest BCUT2D eigenvalue weighted by atomic mass is 10.2. The van der Waals surface area contributed by atoms with Gasteiger partial charge in [-0.15, -0.1) is 0 Å². The summed E-state index contributed by atoms with van der Waals surface area (Å²) in [6.07, 6.45) is 0.104. The second-order valence-electron chi connectivity index (χ2n) is 4.25. The molecule has 2 N–H and O–H groups in total. The van der Waals surface area contributed by atoms with E-state index < -0.39 is 5.97 Å². The van der Waals surface area contributed by atoms with Crippen molar-refractivity contribution < 1.29 is 9.63 Å². The first-order valence-electron chi connectivity index (χ1n) is 6.08. The minimum absolute atomic E-state index is 0.104. The van der Waals surface area contributed by atoms with E-state index in [0.717, 1.165) is 10.0 Å². The molecule has 0 atom stereocenters. The van der Waals surface area contributed by atoms with Gasteiger partial charge in [0.05, 0.1) is 6.42 Å². The van der Waals surface area contributed by atoms with Gasteiger partial charge in [0.2, 0.25) is 0 Å². The third-order valence-corrected chi connectivity index (χ3v) is 3.37. The van der Waals surface area contributed by atoms with Crippen molar-refractivity contribution >= 4 is 39.3 Å². The molecule has 0 aliphatic rings. The molecule has 4 nitrogen and oxygen atoms in total. The van der Waals surface area contributed by atoms with E-state index >= 15 is 0 Å². The number of halogens is 2. The van der Waals surface area contributed by atoms with Crippen molar-refractivity contribution in [1.82, 2.24) is 0 Å². The number of carbonyl (C=O) groups excluding carboxylic acids is 1. The number of nitrogens with two attached hydrogens (primary N) is 1. The first kappa shape index (κ1) is 15.5. The summed E-state index contributed by atoms with van der Waals surface area (Å²) in [7, 11) is 0. The molecule has 6 heteroatoms. The summed E-state index contributed by atoms with van der Waals surface area (Å²) in [6.45, 7) is 0. The zero-order chi connectivity index (χ0) is 15.2. The van der Waals surface area contributed by atoms with E-state index in [1.165, 1.54) is 0 Å². The van der Waals surface area contributed by atoms with Crippen LogP contribution < -0.4 is 5.73 Å². The van der Waals surface area contributed by atoms with E-state index in [-0.39, 0.29) is 12.3 Å². The van der Waals surface area contributed by atoms with Gasteiger partial charge >= 0.3 is 5.97 Å². The van der Waals surface area contributed by atoms with E-state index in [4.69, 9.17) is 22.2 Å². The number of rotatable bonds is 4. The lowest BCUT2D eigenvalue weighted by Gasteiger charge is -2.02. The fourth-order valence-electron chi connectivity index (χ4n) is 1.60. The maximum atomic E-state index is 11.7. The standard InChI is InChI=1S/C15H12BrClN2O2/c16-12-3-1-2-11(9-12)15(18)19-21-14(20)8-10-4-6-13(17)7-5-10/h1-7,9H,8H2,(H2,18,19). The van der Waals surface area contributed by atoms with Crippen LogP contribution in [-0.2, 0) is 16.1 Å². The second-order valence-corrected chi connectivity index (χ2v) is 5.61. The lowest BCUT2D eigenvalue weighted by Crippen LogP contribution is -2.15. The summed E-state index contributed by atoms with van der Waals surface area (Å²) < 4.78 is 0.866. The molecule has 2 aromatic rings. The fourth-order valence-corrected chi connectivity index (χ4v) is 2.13. The van der Waals surface area contributed by atoms with Crippen LogP contribution in [0.25, 0.3) is 0 Å². The molecule has 0 aromatic heterocycles. The monoisotopic (exact) mass is 366 g/mol. The first-order valence-corrected chi connectivity index (χ1v) is 7.25. The predicted octanol–water partition coefficient (Wildman–Crippen LogP) is 3.51. The maximum Gasteiger partial charge on any atom is 0.339 e. The number of amidine groups is 1. The van der Waals surface area contributed by atoms with Crippen molar-refractivity contribution in [3.63, 3.8) is 0 Å². The molecule has 0 fully saturated rings. The Kier molecular flexibility index (Phi) is 5.36. The smallest absolute Gasteiger partial charge is 0.339 e. The van der Waals surface area contributed by atoms with Gasteiger partial charge in [-0.25, -0.2) is 4.79 Å². The Morgan fingerprint density at radius 2 is 1.95 bits per heavy atom. The summed E-state index contributed by atoms with van der Waals surface area (Å²) >= 11 is 9.10. The zero-order valence-electron chi connectivity index (χ0n) is 10.9. The molecule has 0 saturated heterocycles. The Morgan fingerprint density at radius 1 is 1.24 bits per heavy atom. The highest BCUT2D eigenvalue weighted by Gasteiger charge is 2.06. The average Bonchev–Trinajstić information content (AvgIpc) is 2.47. The summed E-state index contributed by atoms with van der Waals surface area (Å²) in [4.78, 5) is 16.5. The largest absolute Gasteiger partial charge is 0.380 e. The second kappa shape index (κ2) is 7.24. The van der Waals surface area contributed by atoms with E-state index in [2.05, 4.69) is 21.1 Å². The number of oxime groups is 1. The van der Waals surface area contributed by atoms with Crippen molar-refractivity contribution in [2.75, 3.05) is 0 Å². The Morgan fingerprint density at radius 3 is 2.62 bits per heavy atom. The number of nitrogens with zero attached hydrogens (tertiary/aromatic N) is 1. The summed E-state index contributed by atoms with van der Waals surface area (Å²) in [6, 6.07) is 14.2. The van der Waals surface area contributed by atoms with E-state index in [9.17, 15) is 4.79 Å². The number of carbonyl (C=O) groups is 1.